The Labute approximate surface area is 198 Å². The Hall–Kier alpha value is -3.19. The number of nitrogens with zero attached hydrogens (tertiary/aromatic N) is 4. The van der Waals surface area contributed by atoms with E-state index in [1.165, 1.54) is 0 Å². The minimum Gasteiger partial charge on any atom is -0.497 e. The highest BCUT2D eigenvalue weighted by atomic mass is 35.5. The van der Waals surface area contributed by atoms with Crippen molar-refractivity contribution >= 4 is 23.2 Å². The molecule has 0 aliphatic carbocycles. The summed E-state index contributed by atoms with van der Waals surface area (Å²) in [5, 5.41) is 12.3. The van der Waals surface area contributed by atoms with Crippen molar-refractivity contribution < 1.29 is 9.53 Å². The van der Waals surface area contributed by atoms with E-state index in [0.29, 0.717) is 17.4 Å². The van der Waals surface area contributed by atoms with Gasteiger partial charge in [0.05, 0.1) is 24.9 Å². The summed E-state index contributed by atoms with van der Waals surface area (Å²) in [7, 11) is 1.65. The van der Waals surface area contributed by atoms with Crippen LogP contribution in [0.25, 0.3) is 5.69 Å². The van der Waals surface area contributed by atoms with Crippen LogP contribution >= 0.6 is 11.6 Å². The Morgan fingerprint density at radius 1 is 1.15 bits per heavy atom. The first-order valence-electron chi connectivity index (χ1n) is 11.2. The van der Waals surface area contributed by atoms with Crippen LogP contribution in [-0.2, 0) is 11.2 Å². The fourth-order valence-corrected chi connectivity index (χ4v) is 4.46. The van der Waals surface area contributed by atoms with E-state index in [-0.39, 0.29) is 12.3 Å². The quantitative estimate of drug-likeness (QED) is 0.552. The lowest BCUT2D eigenvalue weighted by Gasteiger charge is -2.16. The van der Waals surface area contributed by atoms with Crippen LogP contribution in [0, 0.1) is 6.92 Å². The summed E-state index contributed by atoms with van der Waals surface area (Å²) in [6.07, 6.45) is 2.01. The van der Waals surface area contributed by atoms with Crippen LogP contribution in [-0.4, -0.2) is 40.0 Å². The van der Waals surface area contributed by atoms with E-state index < -0.39 is 6.04 Å². The van der Waals surface area contributed by atoms with Crippen molar-refractivity contribution in [2.75, 3.05) is 13.7 Å². The first-order chi connectivity index (χ1) is 16.0. The second-order valence-electron chi connectivity index (χ2n) is 8.03. The number of fused-ring (bicyclic) bond motifs is 3. The number of carbonyl (C=O) groups is 1. The molecule has 1 aromatic heterocycles. The number of rotatable bonds is 7. The molecule has 1 aliphatic rings. The molecule has 0 bridgehead atoms. The standard InChI is InChI=1S/C25H28ClN5O2/c1-5-7-16-12-17(26)8-10-19(16)24-20-13-18(33-4)9-11-22(20)31-15(3)29-30-25(31)21(28-24)14-23(32)27-6-2/h8-13,21H,5-7,14H2,1-4H3,(H,27,32)/t21-/m0/s1. The van der Waals surface area contributed by atoms with Gasteiger partial charge in [0, 0.05) is 22.7 Å². The average Bonchev–Trinajstić information content (AvgIpc) is 3.12. The van der Waals surface area contributed by atoms with Gasteiger partial charge in [-0.25, -0.2) is 0 Å². The normalized spacial score (nSPS) is 14.7. The first kappa shape index (κ1) is 23.0. The summed E-state index contributed by atoms with van der Waals surface area (Å²) in [5.41, 5.74) is 4.71. The number of benzene rings is 2. The van der Waals surface area contributed by atoms with Gasteiger partial charge in [0.1, 0.15) is 17.6 Å². The smallest absolute Gasteiger partial charge is 0.222 e. The zero-order valence-electron chi connectivity index (χ0n) is 19.4. The summed E-state index contributed by atoms with van der Waals surface area (Å²) in [6, 6.07) is 11.3. The molecule has 2 heterocycles. The molecule has 8 heteroatoms. The molecule has 1 atom stereocenters. The summed E-state index contributed by atoms with van der Waals surface area (Å²) < 4.78 is 7.54. The zero-order valence-corrected chi connectivity index (χ0v) is 20.1. The van der Waals surface area contributed by atoms with Crippen LogP contribution in [0.4, 0.5) is 0 Å². The number of amides is 1. The van der Waals surface area contributed by atoms with E-state index in [1.807, 2.05) is 54.8 Å². The number of nitrogens with one attached hydrogen (secondary N) is 1. The van der Waals surface area contributed by atoms with Crippen LogP contribution in [0.5, 0.6) is 5.75 Å². The maximum absolute atomic E-state index is 12.6. The number of aryl methyl sites for hydroxylation is 2. The van der Waals surface area contributed by atoms with Gasteiger partial charge >= 0.3 is 0 Å². The molecule has 4 rings (SSSR count). The molecular formula is C25H28ClN5O2. The van der Waals surface area contributed by atoms with Gasteiger partial charge in [0.15, 0.2) is 5.82 Å². The Kier molecular flexibility index (Phi) is 6.79. The molecule has 3 aromatic rings. The van der Waals surface area contributed by atoms with Gasteiger partial charge in [0.2, 0.25) is 5.91 Å². The largest absolute Gasteiger partial charge is 0.497 e. The highest BCUT2D eigenvalue weighted by Crippen LogP contribution is 2.35. The van der Waals surface area contributed by atoms with Crippen molar-refractivity contribution in [3.63, 3.8) is 0 Å². The number of aromatic nitrogens is 3. The zero-order chi connectivity index (χ0) is 23.5. The van der Waals surface area contributed by atoms with Crippen molar-refractivity contribution in [3.8, 4) is 11.4 Å². The van der Waals surface area contributed by atoms with E-state index in [9.17, 15) is 4.79 Å². The summed E-state index contributed by atoms with van der Waals surface area (Å²) in [4.78, 5) is 17.7. The maximum atomic E-state index is 12.6. The number of carbonyl (C=O) groups excluding carboxylic acids is 1. The lowest BCUT2D eigenvalue weighted by atomic mass is 9.94. The number of ether oxygens (including phenoxy) is 1. The second-order valence-corrected chi connectivity index (χ2v) is 8.46. The average molecular weight is 466 g/mol. The molecule has 1 N–H and O–H groups in total. The number of aliphatic imine (C=N–C) groups is 1. The molecule has 1 aliphatic heterocycles. The third kappa shape index (κ3) is 4.50. The van der Waals surface area contributed by atoms with E-state index in [4.69, 9.17) is 21.3 Å². The Morgan fingerprint density at radius 3 is 2.70 bits per heavy atom. The van der Waals surface area contributed by atoms with E-state index in [2.05, 4.69) is 22.4 Å². The van der Waals surface area contributed by atoms with Gasteiger partial charge in [0.25, 0.3) is 0 Å². The molecule has 1 amide bonds. The third-order valence-corrected chi connectivity index (χ3v) is 5.96. The Bertz CT molecular complexity index is 1220. The minimum atomic E-state index is -0.490. The molecular weight excluding hydrogens is 438 g/mol. The number of hydrogen-bond acceptors (Lipinski definition) is 5. The van der Waals surface area contributed by atoms with Crippen LogP contribution in [0.2, 0.25) is 5.02 Å². The van der Waals surface area contributed by atoms with Gasteiger partial charge in [-0.3, -0.25) is 14.4 Å². The summed E-state index contributed by atoms with van der Waals surface area (Å²) >= 11 is 6.35. The Balaban J connectivity index is 2.00. The highest BCUT2D eigenvalue weighted by molar-refractivity contribution is 6.31. The Morgan fingerprint density at radius 2 is 1.97 bits per heavy atom. The van der Waals surface area contributed by atoms with Crippen LogP contribution in [0.1, 0.15) is 61.1 Å². The highest BCUT2D eigenvalue weighted by Gasteiger charge is 2.30. The van der Waals surface area contributed by atoms with Gasteiger partial charge in [-0.1, -0.05) is 31.0 Å². The predicted molar refractivity (Wildman–Crippen MR) is 130 cm³/mol. The van der Waals surface area contributed by atoms with E-state index in [1.54, 1.807) is 7.11 Å². The van der Waals surface area contributed by atoms with Gasteiger partial charge in [-0.2, -0.15) is 0 Å². The van der Waals surface area contributed by atoms with Crippen molar-refractivity contribution in [3.05, 3.63) is 69.8 Å². The molecule has 0 spiro atoms. The molecule has 33 heavy (non-hydrogen) atoms. The van der Waals surface area contributed by atoms with Crippen molar-refractivity contribution in [1.29, 1.82) is 0 Å². The van der Waals surface area contributed by atoms with E-state index >= 15 is 0 Å². The van der Waals surface area contributed by atoms with Crippen LogP contribution < -0.4 is 10.1 Å². The van der Waals surface area contributed by atoms with Crippen LogP contribution in [0.15, 0.2) is 41.4 Å². The number of hydrogen-bond donors (Lipinski definition) is 1. The topological polar surface area (TPSA) is 81.4 Å². The minimum absolute atomic E-state index is 0.0776. The van der Waals surface area contributed by atoms with Gasteiger partial charge in [-0.05, 0) is 56.2 Å². The molecule has 2 aromatic carbocycles. The van der Waals surface area contributed by atoms with Crippen molar-refractivity contribution in [2.24, 2.45) is 4.99 Å². The lowest BCUT2D eigenvalue weighted by Crippen LogP contribution is -2.25. The molecule has 0 unspecified atom stereocenters. The summed E-state index contributed by atoms with van der Waals surface area (Å²) in [5.74, 6) is 2.03. The fourth-order valence-electron chi connectivity index (χ4n) is 4.27. The molecule has 0 fully saturated rings. The molecule has 0 saturated heterocycles. The van der Waals surface area contributed by atoms with Crippen molar-refractivity contribution in [2.45, 2.75) is 46.1 Å². The number of methoxy groups -OCH3 is 1. The van der Waals surface area contributed by atoms with Gasteiger partial charge in [-0.15, -0.1) is 10.2 Å². The maximum Gasteiger partial charge on any atom is 0.222 e. The SMILES string of the molecule is CCCc1cc(Cl)ccc1C1=N[C@@H](CC(=O)NCC)c2nnc(C)n2-c2ccc(OC)cc21. The molecule has 0 radical (unpaired) electrons. The number of halogens is 1. The summed E-state index contributed by atoms with van der Waals surface area (Å²) in [6.45, 7) is 6.50. The molecule has 7 nitrogen and oxygen atoms in total. The third-order valence-electron chi connectivity index (χ3n) is 5.73. The second kappa shape index (κ2) is 9.75. The van der Waals surface area contributed by atoms with Crippen molar-refractivity contribution in [1.82, 2.24) is 20.1 Å². The predicted octanol–water partition coefficient (Wildman–Crippen LogP) is 4.61. The monoisotopic (exact) mass is 465 g/mol. The lowest BCUT2D eigenvalue weighted by molar-refractivity contribution is -0.121. The van der Waals surface area contributed by atoms with Crippen LogP contribution in [0.3, 0.4) is 0 Å². The first-order valence-corrected chi connectivity index (χ1v) is 11.6. The molecule has 0 saturated carbocycles. The fraction of sp³-hybridized carbons (Fsp3) is 0.360. The molecule has 172 valence electrons. The van der Waals surface area contributed by atoms with E-state index in [0.717, 1.165) is 52.5 Å². The van der Waals surface area contributed by atoms with Gasteiger partial charge < -0.3 is 10.1 Å².